The van der Waals surface area contributed by atoms with E-state index in [0.717, 1.165) is 0 Å². The molecule has 0 rings (SSSR count). The van der Waals surface area contributed by atoms with Crippen molar-refractivity contribution in [2.75, 3.05) is 40.0 Å². The molecule has 7 nitrogen and oxygen atoms in total. The Labute approximate surface area is 114 Å². The zero-order chi connectivity index (χ0) is 14.8. The number of ether oxygens (including phenoxy) is 1. The van der Waals surface area contributed by atoms with Crippen molar-refractivity contribution < 1.29 is 19.4 Å². The topological polar surface area (TPSA) is 105 Å². The van der Waals surface area contributed by atoms with Crippen LogP contribution in [0.15, 0.2) is 0 Å². The van der Waals surface area contributed by atoms with Crippen molar-refractivity contribution in [2.45, 2.75) is 19.9 Å². The molecule has 19 heavy (non-hydrogen) atoms. The van der Waals surface area contributed by atoms with Crippen LogP contribution in [0, 0.1) is 5.92 Å². The van der Waals surface area contributed by atoms with Crippen molar-refractivity contribution in [1.82, 2.24) is 10.2 Å². The molecular weight excluding hydrogens is 250 g/mol. The third-order valence-corrected chi connectivity index (χ3v) is 2.72. The number of nitrogens with zero attached hydrogens (tertiary/aromatic N) is 1. The summed E-state index contributed by atoms with van der Waals surface area (Å²) < 4.78 is 4.88. The van der Waals surface area contributed by atoms with E-state index in [1.54, 1.807) is 0 Å². The average molecular weight is 275 g/mol. The lowest BCUT2D eigenvalue weighted by Gasteiger charge is -2.22. The van der Waals surface area contributed by atoms with E-state index in [1.807, 2.05) is 13.8 Å². The summed E-state index contributed by atoms with van der Waals surface area (Å²) in [6.07, 6.45) is 0. The molecule has 2 amide bonds. The number of hydrogen-bond donors (Lipinski definition) is 3. The fourth-order valence-corrected chi connectivity index (χ4v) is 1.38. The Morgan fingerprint density at radius 3 is 2.47 bits per heavy atom. The maximum absolute atomic E-state index is 11.8. The molecule has 0 aliphatic carbocycles. The molecule has 0 aromatic heterocycles. The lowest BCUT2D eigenvalue weighted by Crippen LogP contribution is -2.48. The average Bonchev–Trinajstić information content (AvgIpc) is 2.39. The van der Waals surface area contributed by atoms with Crippen molar-refractivity contribution in [3.8, 4) is 0 Å². The number of carbonyl (C=O) groups is 2. The molecule has 0 bridgehead atoms. The highest BCUT2D eigenvalue weighted by atomic mass is 16.5. The first-order chi connectivity index (χ1) is 8.93. The van der Waals surface area contributed by atoms with E-state index in [0.29, 0.717) is 13.2 Å². The second kappa shape index (κ2) is 9.71. The van der Waals surface area contributed by atoms with Gasteiger partial charge in [0.2, 0.25) is 11.8 Å². The molecule has 0 heterocycles. The third-order valence-electron chi connectivity index (χ3n) is 2.72. The minimum absolute atomic E-state index is 0.0112. The van der Waals surface area contributed by atoms with Gasteiger partial charge in [-0.2, -0.15) is 0 Å². The van der Waals surface area contributed by atoms with Gasteiger partial charge in [0.25, 0.3) is 0 Å². The number of aliphatic hydroxyl groups excluding tert-OH is 1. The van der Waals surface area contributed by atoms with E-state index in [2.05, 4.69) is 5.32 Å². The van der Waals surface area contributed by atoms with Crippen molar-refractivity contribution in [3.05, 3.63) is 0 Å². The van der Waals surface area contributed by atoms with Crippen LogP contribution in [0.3, 0.4) is 0 Å². The van der Waals surface area contributed by atoms with Gasteiger partial charge in [-0.3, -0.25) is 9.59 Å². The largest absolute Gasteiger partial charge is 0.395 e. The maximum atomic E-state index is 11.8. The van der Waals surface area contributed by atoms with Gasteiger partial charge in [-0.05, 0) is 5.92 Å². The van der Waals surface area contributed by atoms with Crippen LogP contribution in [0.5, 0.6) is 0 Å². The van der Waals surface area contributed by atoms with Gasteiger partial charge in [0.1, 0.15) is 0 Å². The van der Waals surface area contributed by atoms with E-state index in [4.69, 9.17) is 15.6 Å². The van der Waals surface area contributed by atoms with Crippen LogP contribution >= 0.6 is 0 Å². The molecule has 4 N–H and O–H groups in total. The Kier molecular flexibility index (Phi) is 9.11. The molecule has 0 aromatic rings. The van der Waals surface area contributed by atoms with E-state index in [9.17, 15) is 9.59 Å². The summed E-state index contributed by atoms with van der Waals surface area (Å²) in [5, 5.41) is 11.4. The number of aliphatic hydroxyl groups is 1. The number of methoxy groups -OCH3 is 1. The normalized spacial score (nSPS) is 12.3. The molecule has 0 fully saturated rings. The smallest absolute Gasteiger partial charge is 0.242 e. The van der Waals surface area contributed by atoms with Gasteiger partial charge < -0.3 is 25.8 Å². The van der Waals surface area contributed by atoms with Gasteiger partial charge in [-0.15, -0.1) is 0 Å². The number of nitrogens with one attached hydrogen (secondary N) is 1. The lowest BCUT2D eigenvalue weighted by molar-refractivity contribution is -0.134. The molecule has 0 unspecified atom stereocenters. The fourth-order valence-electron chi connectivity index (χ4n) is 1.38. The lowest BCUT2D eigenvalue weighted by atomic mass is 10.1. The first-order valence-corrected chi connectivity index (χ1v) is 6.34. The number of hydrogen-bond acceptors (Lipinski definition) is 5. The second-order valence-electron chi connectivity index (χ2n) is 4.58. The van der Waals surface area contributed by atoms with Crippen LogP contribution in [0.4, 0.5) is 0 Å². The highest BCUT2D eigenvalue weighted by molar-refractivity contribution is 5.87. The molecule has 0 saturated heterocycles. The molecule has 112 valence electrons. The molecule has 0 radical (unpaired) electrons. The fraction of sp³-hybridized carbons (Fsp3) is 0.833. The van der Waals surface area contributed by atoms with Crippen molar-refractivity contribution >= 4 is 11.8 Å². The van der Waals surface area contributed by atoms with Crippen molar-refractivity contribution in [2.24, 2.45) is 11.7 Å². The van der Waals surface area contributed by atoms with Crippen LogP contribution in [-0.2, 0) is 14.3 Å². The number of nitrogens with two attached hydrogens (primary N) is 1. The number of rotatable bonds is 9. The van der Waals surface area contributed by atoms with Crippen LogP contribution in [0.1, 0.15) is 13.8 Å². The summed E-state index contributed by atoms with van der Waals surface area (Å²) in [5.74, 6) is -0.605. The van der Waals surface area contributed by atoms with Crippen LogP contribution in [-0.4, -0.2) is 67.8 Å². The first kappa shape index (κ1) is 17.8. The molecule has 0 saturated carbocycles. The standard InChI is InChI=1S/C12H25N3O4/c1-9(2)11(13)12(18)14-8-10(17)15(4-6-16)5-7-19-3/h9,11,16H,4-8,13H2,1-3H3,(H,14,18)/t11-/m0/s1. The van der Waals surface area contributed by atoms with Gasteiger partial charge >= 0.3 is 0 Å². The molecule has 1 atom stereocenters. The van der Waals surface area contributed by atoms with Crippen molar-refractivity contribution in [3.63, 3.8) is 0 Å². The molecule has 0 aromatic carbocycles. The Hall–Kier alpha value is -1.18. The summed E-state index contributed by atoms with van der Waals surface area (Å²) in [7, 11) is 1.53. The van der Waals surface area contributed by atoms with Crippen LogP contribution < -0.4 is 11.1 Å². The predicted octanol–water partition coefficient (Wildman–Crippen LogP) is -1.45. The highest BCUT2D eigenvalue weighted by Gasteiger charge is 2.19. The van der Waals surface area contributed by atoms with E-state index in [-0.39, 0.29) is 37.4 Å². The van der Waals surface area contributed by atoms with Crippen molar-refractivity contribution in [1.29, 1.82) is 0 Å². The van der Waals surface area contributed by atoms with Gasteiger partial charge in [0, 0.05) is 20.2 Å². The van der Waals surface area contributed by atoms with E-state index in [1.165, 1.54) is 12.0 Å². The SMILES string of the molecule is COCCN(CCO)C(=O)CNC(=O)[C@@H](N)C(C)C. The molecule has 0 aliphatic heterocycles. The van der Waals surface area contributed by atoms with Gasteiger partial charge in [-0.1, -0.05) is 13.8 Å². The quantitative estimate of drug-likeness (QED) is 0.477. The zero-order valence-corrected chi connectivity index (χ0v) is 11.9. The zero-order valence-electron chi connectivity index (χ0n) is 11.9. The highest BCUT2D eigenvalue weighted by Crippen LogP contribution is 1.97. The molecular formula is C12H25N3O4. The first-order valence-electron chi connectivity index (χ1n) is 6.34. The summed E-state index contributed by atoms with van der Waals surface area (Å²) >= 11 is 0. The van der Waals surface area contributed by atoms with Gasteiger partial charge in [0.15, 0.2) is 0 Å². The number of amides is 2. The second-order valence-corrected chi connectivity index (χ2v) is 4.58. The Bertz CT molecular complexity index is 284. The number of carbonyl (C=O) groups excluding carboxylic acids is 2. The summed E-state index contributed by atoms with van der Waals surface area (Å²) in [6, 6.07) is -0.627. The Balaban J connectivity index is 4.21. The minimum atomic E-state index is -0.627. The summed E-state index contributed by atoms with van der Waals surface area (Å²) in [4.78, 5) is 24.9. The monoisotopic (exact) mass is 275 g/mol. The summed E-state index contributed by atoms with van der Waals surface area (Å²) in [5.41, 5.74) is 5.66. The van der Waals surface area contributed by atoms with Crippen LogP contribution in [0.25, 0.3) is 0 Å². The van der Waals surface area contributed by atoms with Crippen LogP contribution in [0.2, 0.25) is 0 Å². The minimum Gasteiger partial charge on any atom is -0.395 e. The molecule has 7 heteroatoms. The predicted molar refractivity (Wildman–Crippen MR) is 71.4 cm³/mol. The van der Waals surface area contributed by atoms with E-state index < -0.39 is 6.04 Å². The molecule has 0 aliphatic rings. The van der Waals surface area contributed by atoms with Gasteiger partial charge in [0.05, 0.1) is 25.8 Å². The van der Waals surface area contributed by atoms with Gasteiger partial charge in [-0.25, -0.2) is 0 Å². The molecule has 0 spiro atoms. The third kappa shape index (κ3) is 7.09. The summed E-state index contributed by atoms with van der Waals surface area (Å²) in [6.45, 7) is 4.39. The Morgan fingerprint density at radius 1 is 1.37 bits per heavy atom. The Morgan fingerprint density at radius 2 is 2.00 bits per heavy atom. The maximum Gasteiger partial charge on any atom is 0.242 e. The van der Waals surface area contributed by atoms with E-state index >= 15 is 0 Å².